The van der Waals surface area contributed by atoms with Crippen LogP contribution in [0.1, 0.15) is 12.6 Å². The van der Waals surface area contributed by atoms with Gasteiger partial charge in [-0.15, -0.1) is 11.3 Å². The Hall–Kier alpha value is -1.49. The molecule has 0 aliphatic heterocycles. The van der Waals surface area contributed by atoms with Crippen molar-refractivity contribution in [2.45, 2.75) is 6.92 Å². The first-order chi connectivity index (χ1) is 6.22. The normalized spacial score (nSPS) is 10.2. The van der Waals surface area contributed by atoms with Gasteiger partial charge in [0.2, 0.25) is 5.91 Å². The molecule has 1 rings (SSSR count). The molecule has 1 aromatic heterocycles. The van der Waals surface area contributed by atoms with E-state index in [4.69, 9.17) is 0 Å². The predicted octanol–water partition coefficient (Wildman–Crippen LogP) is 1.31. The first-order valence-electron chi connectivity index (χ1n) is 3.57. The first-order valence-corrected chi connectivity index (χ1v) is 4.45. The van der Waals surface area contributed by atoms with Crippen molar-refractivity contribution in [3.8, 4) is 0 Å². The van der Waals surface area contributed by atoms with Gasteiger partial charge in [0, 0.05) is 12.3 Å². The average molecular weight is 196 g/mol. The van der Waals surface area contributed by atoms with Crippen LogP contribution in [0.3, 0.4) is 0 Å². The van der Waals surface area contributed by atoms with Gasteiger partial charge in [-0.3, -0.25) is 9.59 Å². The Labute approximate surface area is 79.3 Å². The third kappa shape index (κ3) is 3.16. The van der Waals surface area contributed by atoms with Gasteiger partial charge in [0.25, 0.3) is 0 Å². The van der Waals surface area contributed by atoms with Crippen LogP contribution in [0.2, 0.25) is 0 Å². The summed E-state index contributed by atoms with van der Waals surface area (Å²) in [6, 6.07) is 0. The van der Waals surface area contributed by atoms with Crippen LogP contribution in [0.4, 0.5) is 5.13 Å². The zero-order chi connectivity index (χ0) is 9.68. The Morgan fingerprint density at radius 3 is 3.08 bits per heavy atom. The van der Waals surface area contributed by atoms with Crippen molar-refractivity contribution in [3.63, 3.8) is 0 Å². The Bertz CT molecular complexity index is 344. The summed E-state index contributed by atoms with van der Waals surface area (Å²) in [6.45, 7) is 1.42. The van der Waals surface area contributed by atoms with Gasteiger partial charge >= 0.3 is 0 Å². The molecule has 1 aromatic rings. The van der Waals surface area contributed by atoms with Crippen molar-refractivity contribution < 1.29 is 9.59 Å². The number of nitrogens with one attached hydrogen (secondary N) is 1. The van der Waals surface area contributed by atoms with Crippen molar-refractivity contribution >= 4 is 34.7 Å². The summed E-state index contributed by atoms with van der Waals surface area (Å²) in [4.78, 5) is 24.6. The molecule has 1 N–H and O–H groups in total. The molecular formula is C8H8N2O2S. The van der Waals surface area contributed by atoms with Gasteiger partial charge in [0.15, 0.2) is 5.13 Å². The van der Waals surface area contributed by atoms with E-state index in [1.807, 2.05) is 0 Å². The maximum absolute atomic E-state index is 10.6. The molecule has 0 bridgehead atoms. The molecule has 0 radical (unpaired) electrons. The molecule has 0 aliphatic carbocycles. The number of hydrogen-bond acceptors (Lipinski definition) is 4. The standard InChI is InChI=1S/C8H8N2O2S/c1-6(12)9-8-10-7(5-13-8)3-2-4-11/h2-5H,1H3,(H,9,10,12). The first kappa shape index (κ1) is 9.60. The lowest BCUT2D eigenvalue weighted by Crippen LogP contribution is -2.04. The van der Waals surface area contributed by atoms with Gasteiger partial charge in [0.1, 0.15) is 6.29 Å². The number of anilines is 1. The summed E-state index contributed by atoms with van der Waals surface area (Å²) in [7, 11) is 0. The van der Waals surface area contributed by atoms with E-state index in [9.17, 15) is 9.59 Å². The third-order valence-electron chi connectivity index (χ3n) is 1.15. The number of hydrogen-bond donors (Lipinski definition) is 1. The monoisotopic (exact) mass is 196 g/mol. The largest absolute Gasteiger partial charge is 0.302 e. The van der Waals surface area contributed by atoms with E-state index in [-0.39, 0.29) is 5.91 Å². The molecule has 1 amide bonds. The Morgan fingerprint density at radius 2 is 2.46 bits per heavy atom. The van der Waals surface area contributed by atoms with E-state index in [2.05, 4.69) is 10.3 Å². The Kier molecular flexibility index (Phi) is 3.33. The molecule has 0 fully saturated rings. The van der Waals surface area contributed by atoms with Gasteiger partial charge in [-0.1, -0.05) is 0 Å². The van der Waals surface area contributed by atoms with Crippen LogP contribution in [-0.4, -0.2) is 17.2 Å². The smallest absolute Gasteiger partial charge is 0.223 e. The van der Waals surface area contributed by atoms with Crippen LogP contribution in [0.15, 0.2) is 11.5 Å². The molecular weight excluding hydrogens is 188 g/mol. The molecule has 0 saturated heterocycles. The van der Waals surface area contributed by atoms with E-state index >= 15 is 0 Å². The number of nitrogens with zero attached hydrogens (tertiary/aromatic N) is 1. The van der Waals surface area contributed by atoms with Crippen LogP contribution in [-0.2, 0) is 9.59 Å². The lowest BCUT2D eigenvalue weighted by Gasteiger charge is -1.91. The van der Waals surface area contributed by atoms with Gasteiger partial charge in [-0.2, -0.15) is 0 Å². The van der Waals surface area contributed by atoms with E-state index in [0.717, 1.165) is 0 Å². The molecule has 0 unspecified atom stereocenters. The quantitative estimate of drug-likeness (QED) is 0.585. The Balaban J connectivity index is 2.68. The van der Waals surface area contributed by atoms with Crippen molar-refractivity contribution in [2.75, 3.05) is 5.32 Å². The fourth-order valence-electron chi connectivity index (χ4n) is 0.709. The summed E-state index contributed by atoms with van der Waals surface area (Å²) in [5.41, 5.74) is 0.667. The maximum Gasteiger partial charge on any atom is 0.223 e. The molecule has 68 valence electrons. The van der Waals surface area contributed by atoms with Crippen LogP contribution in [0.5, 0.6) is 0 Å². The molecule has 5 heteroatoms. The molecule has 1 heterocycles. The minimum Gasteiger partial charge on any atom is -0.302 e. The highest BCUT2D eigenvalue weighted by molar-refractivity contribution is 7.14. The van der Waals surface area contributed by atoms with Crippen molar-refractivity contribution in [2.24, 2.45) is 0 Å². The highest BCUT2D eigenvalue weighted by atomic mass is 32.1. The fraction of sp³-hybridized carbons (Fsp3) is 0.125. The predicted molar refractivity (Wildman–Crippen MR) is 51.5 cm³/mol. The topological polar surface area (TPSA) is 59.1 Å². The zero-order valence-corrected chi connectivity index (χ0v) is 7.80. The zero-order valence-electron chi connectivity index (χ0n) is 6.98. The summed E-state index contributed by atoms with van der Waals surface area (Å²) in [5, 5.41) is 4.84. The summed E-state index contributed by atoms with van der Waals surface area (Å²) in [5.74, 6) is -0.153. The van der Waals surface area contributed by atoms with Crippen LogP contribution < -0.4 is 5.32 Å². The second-order valence-electron chi connectivity index (χ2n) is 2.25. The summed E-state index contributed by atoms with van der Waals surface area (Å²) >= 11 is 1.32. The van der Waals surface area contributed by atoms with Gasteiger partial charge in [-0.25, -0.2) is 4.98 Å². The highest BCUT2D eigenvalue weighted by Crippen LogP contribution is 2.15. The number of thiazole rings is 1. The molecule has 0 aromatic carbocycles. The minimum absolute atomic E-state index is 0.153. The maximum atomic E-state index is 10.6. The fourth-order valence-corrected chi connectivity index (χ4v) is 1.43. The number of rotatable bonds is 3. The number of aldehydes is 1. The van der Waals surface area contributed by atoms with Crippen molar-refractivity contribution in [3.05, 3.63) is 17.2 Å². The van der Waals surface area contributed by atoms with E-state index < -0.39 is 0 Å². The second kappa shape index (κ2) is 4.51. The highest BCUT2D eigenvalue weighted by Gasteiger charge is 1.99. The SMILES string of the molecule is CC(=O)Nc1nc(C=CC=O)cs1. The average Bonchev–Trinajstić information content (AvgIpc) is 2.48. The molecule has 0 atom stereocenters. The lowest BCUT2D eigenvalue weighted by molar-refractivity contribution is -0.114. The van der Waals surface area contributed by atoms with E-state index in [1.54, 1.807) is 11.5 Å². The van der Waals surface area contributed by atoms with Gasteiger partial charge in [0.05, 0.1) is 5.69 Å². The summed E-state index contributed by atoms with van der Waals surface area (Å²) < 4.78 is 0. The van der Waals surface area contributed by atoms with Crippen LogP contribution in [0, 0.1) is 0 Å². The van der Waals surface area contributed by atoms with Gasteiger partial charge in [-0.05, 0) is 12.2 Å². The van der Waals surface area contributed by atoms with E-state index in [0.29, 0.717) is 17.1 Å². The summed E-state index contributed by atoms with van der Waals surface area (Å²) in [6.07, 6.45) is 3.61. The van der Waals surface area contributed by atoms with E-state index in [1.165, 1.54) is 24.3 Å². The number of allylic oxidation sites excluding steroid dienone is 1. The van der Waals surface area contributed by atoms with Crippen molar-refractivity contribution in [1.82, 2.24) is 4.98 Å². The van der Waals surface area contributed by atoms with Crippen molar-refractivity contribution in [1.29, 1.82) is 0 Å². The van der Waals surface area contributed by atoms with Gasteiger partial charge < -0.3 is 5.32 Å². The minimum atomic E-state index is -0.153. The molecule has 0 aliphatic rings. The number of carbonyl (C=O) groups excluding carboxylic acids is 2. The molecule has 13 heavy (non-hydrogen) atoms. The Morgan fingerprint density at radius 1 is 1.69 bits per heavy atom. The molecule has 0 saturated carbocycles. The van der Waals surface area contributed by atoms with Crippen LogP contribution >= 0.6 is 11.3 Å². The third-order valence-corrected chi connectivity index (χ3v) is 1.93. The number of aromatic nitrogens is 1. The van der Waals surface area contributed by atoms with Crippen LogP contribution in [0.25, 0.3) is 6.08 Å². The second-order valence-corrected chi connectivity index (χ2v) is 3.11. The number of amides is 1. The lowest BCUT2D eigenvalue weighted by atomic mass is 10.4. The number of carbonyl (C=O) groups is 2. The molecule has 4 nitrogen and oxygen atoms in total. The molecule has 0 spiro atoms.